The molecule has 0 aromatic heterocycles. The maximum absolute atomic E-state index is 12.6. The number of hydrogen-bond donors (Lipinski definition) is 1. The molecule has 1 saturated heterocycles. The summed E-state index contributed by atoms with van der Waals surface area (Å²) in [6, 6.07) is 0.750. The van der Waals surface area contributed by atoms with Crippen LogP contribution in [0, 0.1) is 34.5 Å². The number of ether oxygens (including phenoxy) is 2. The second-order valence-corrected chi connectivity index (χ2v) is 13.2. The number of likely N-dealkylation sites (tertiary alicyclic amines) is 1. The molecule has 0 amide bonds. The Labute approximate surface area is 209 Å². The van der Waals surface area contributed by atoms with Crippen LogP contribution in [0.25, 0.3) is 0 Å². The van der Waals surface area contributed by atoms with E-state index in [9.17, 15) is 14.7 Å². The number of hydrogen-bond acceptors (Lipinski definition) is 6. The van der Waals surface area contributed by atoms with E-state index in [1.165, 1.54) is 58.5 Å². The van der Waals surface area contributed by atoms with Crippen molar-refractivity contribution in [2.24, 2.45) is 34.5 Å². The predicted octanol–water partition coefficient (Wildman–Crippen LogP) is 4.25. The molecule has 1 N–H and O–H groups in total. The minimum atomic E-state index is -0.896. The van der Waals surface area contributed by atoms with Gasteiger partial charge in [-0.05, 0) is 99.6 Å². The molecule has 2 aliphatic heterocycles. The third-order valence-corrected chi connectivity index (χ3v) is 11.9. The number of cyclic esters (lactones) is 1. The van der Waals surface area contributed by atoms with E-state index in [4.69, 9.17) is 9.47 Å². The molecule has 0 aromatic carbocycles. The quantitative estimate of drug-likeness (QED) is 0.603. The number of nitrogens with zero attached hydrogens (tertiary/aromatic N) is 1. The van der Waals surface area contributed by atoms with Crippen molar-refractivity contribution in [3.05, 3.63) is 11.6 Å². The van der Waals surface area contributed by atoms with Gasteiger partial charge in [-0.15, -0.1) is 0 Å². The van der Waals surface area contributed by atoms with Gasteiger partial charge in [0.25, 0.3) is 0 Å². The molecule has 4 saturated carbocycles. The predicted molar refractivity (Wildman–Crippen MR) is 131 cm³/mol. The Balaban J connectivity index is 1.29. The maximum atomic E-state index is 12.6. The zero-order chi connectivity index (χ0) is 24.6. The van der Waals surface area contributed by atoms with Crippen LogP contribution in [-0.2, 0) is 19.1 Å². The van der Waals surface area contributed by atoms with E-state index in [2.05, 4.69) is 18.7 Å². The van der Waals surface area contributed by atoms with Gasteiger partial charge in [0, 0.05) is 36.8 Å². The lowest BCUT2D eigenvalue weighted by atomic mass is 9.43. The lowest BCUT2D eigenvalue weighted by molar-refractivity contribution is -0.206. The SMILES string of the molecule is CC(=O)O[C@H]1C[C@]2(O)[C@@H]3CC[C@@H]4C[C@@H](N5CCCC5)CC[C@]4(C)[C@H]3CC[C@]2(C)[C@H]1C1=CC(=O)OC1. The topological polar surface area (TPSA) is 76.1 Å². The molecule has 0 bridgehead atoms. The van der Waals surface area contributed by atoms with Crippen LogP contribution in [0.15, 0.2) is 11.6 Å². The number of rotatable bonds is 3. The average Bonchev–Trinajstić information content (AvgIpc) is 3.52. The molecule has 5 fully saturated rings. The number of aliphatic hydroxyl groups is 1. The molecular formula is C29H43NO5. The summed E-state index contributed by atoms with van der Waals surface area (Å²) in [7, 11) is 0. The van der Waals surface area contributed by atoms with Crippen molar-refractivity contribution < 1.29 is 24.2 Å². The molecule has 0 spiro atoms. The van der Waals surface area contributed by atoms with Crippen molar-refractivity contribution in [3.8, 4) is 0 Å². The second kappa shape index (κ2) is 8.31. The first kappa shape index (κ1) is 24.0. The summed E-state index contributed by atoms with van der Waals surface area (Å²) < 4.78 is 11.1. The Morgan fingerprint density at radius 3 is 2.57 bits per heavy atom. The van der Waals surface area contributed by atoms with Gasteiger partial charge < -0.3 is 19.5 Å². The van der Waals surface area contributed by atoms with Gasteiger partial charge in [-0.3, -0.25) is 4.79 Å². The van der Waals surface area contributed by atoms with Crippen LogP contribution >= 0.6 is 0 Å². The molecule has 0 radical (unpaired) electrons. The maximum Gasteiger partial charge on any atom is 0.331 e. The number of fused-ring (bicyclic) bond motifs is 5. The largest absolute Gasteiger partial charge is 0.462 e. The smallest absolute Gasteiger partial charge is 0.331 e. The van der Waals surface area contributed by atoms with Gasteiger partial charge in [-0.1, -0.05) is 13.8 Å². The van der Waals surface area contributed by atoms with E-state index in [0.29, 0.717) is 12.3 Å². The monoisotopic (exact) mass is 485 g/mol. The molecule has 9 atom stereocenters. The highest BCUT2D eigenvalue weighted by molar-refractivity contribution is 5.85. The Morgan fingerprint density at radius 1 is 1.11 bits per heavy atom. The highest BCUT2D eigenvalue weighted by atomic mass is 16.5. The normalized spacial score (nSPS) is 49.6. The van der Waals surface area contributed by atoms with Crippen molar-refractivity contribution in [2.75, 3.05) is 19.7 Å². The first-order chi connectivity index (χ1) is 16.7. The first-order valence-corrected chi connectivity index (χ1v) is 14.2. The second-order valence-electron chi connectivity index (χ2n) is 13.2. The van der Waals surface area contributed by atoms with Gasteiger partial charge in [-0.2, -0.15) is 0 Å². The van der Waals surface area contributed by atoms with Gasteiger partial charge in [0.2, 0.25) is 0 Å². The minimum absolute atomic E-state index is 0.166. The lowest BCUT2D eigenvalue weighted by Crippen LogP contribution is -2.62. The van der Waals surface area contributed by atoms with Gasteiger partial charge in [0.05, 0.1) is 5.60 Å². The Hall–Kier alpha value is -1.40. The summed E-state index contributed by atoms with van der Waals surface area (Å²) in [4.78, 5) is 26.8. The number of esters is 2. The van der Waals surface area contributed by atoms with Crippen LogP contribution in [0.1, 0.15) is 85.0 Å². The first-order valence-electron chi connectivity index (χ1n) is 14.2. The molecule has 4 aliphatic carbocycles. The molecule has 6 rings (SSSR count). The number of carbonyl (C=O) groups excluding carboxylic acids is 2. The van der Waals surface area contributed by atoms with Crippen LogP contribution in [0.3, 0.4) is 0 Å². The fourth-order valence-electron chi connectivity index (χ4n) is 10.2. The summed E-state index contributed by atoms with van der Waals surface area (Å²) in [6.45, 7) is 8.98. The highest BCUT2D eigenvalue weighted by Crippen LogP contribution is 2.70. The van der Waals surface area contributed by atoms with E-state index in [0.717, 1.165) is 36.8 Å². The minimum Gasteiger partial charge on any atom is -0.462 e. The van der Waals surface area contributed by atoms with Crippen LogP contribution in [0.4, 0.5) is 0 Å². The Bertz CT molecular complexity index is 926. The summed E-state index contributed by atoms with van der Waals surface area (Å²) in [5.74, 6) is 0.654. The molecule has 2 heterocycles. The van der Waals surface area contributed by atoms with E-state index in [1.54, 1.807) is 6.08 Å². The number of carbonyl (C=O) groups is 2. The Kier molecular flexibility index (Phi) is 5.69. The molecule has 194 valence electrons. The van der Waals surface area contributed by atoms with E-state index >= 15 is 0 Å². The van der Waals surface area contributed by atoms with Gasteiger partial charge >= 0.3 is 11.9 Å². The van der Waals surface area contributed by atoms with Crippen molar-refractivity contribution in [3.63, 3.8) is 0 Å². The van der Waals surface area contributed by atoms with Crippen molar-refractivity contribution in [1.29, 1.82) is 0 Å². The van der Waals surface area contributed by atoms with Crippen LogP contribution in [0.2, 0.25) is 0 Å². The van der Waals surface area contributed by atoms with Crippen molar-refractivity contribution in [2.45, 2.75) is 103 Å². The molecule has 35 heavy (non-hydrogen) atoms. The molecule has 6 heteroatoms. The van der Waals surface area contributed by atoms with Gasteiger partial charge in [-0.25, -0.2) is 4.79 Å². The summed E-state index contributed by atoms with van der Waals surface area (Å²) in [6.07, 6.45) is 12.5. The lowest BCUT2D eigenvalue weighted by Gasteiger charge is -2.64. The van der Waals surface area contributed by atoms with Crippen molar-refractivity contribution in [1.82, 2.24) is 4.90 Å². The average molecular weight is 486 g/mol. The summed E-state index contributed by atoms with van der Waals surface area (Å²) in [5, 5.41) is 12.6. The standard InChI is InChI=1S/C29H43NO5/c1-18(31)35-24-16-29(33)23-7-6-20-15-21(30-12-4-5-13-30)8-10-27(20,2)22(23)9-11-28(29,3)26(24)19-14-25(32)34-17-19/h14,20-24,26,33H,4-13,15-17H2,1-3H3/t20-,21+,22+,23-,24+,26+,27+,28-,29+/m1/s1. The molecule has 6 nitrogen and oxygen atoms in total. The zero-order valence-electron chi connectivity index (χ0n) is 21.8. The fraction of sp³-hybridized carbons (Fsp3) is 0.862. The van der Waals surface area contributed by atoms with Crippen molar-refractivity contribution >= 4 is 11.9 Å². The van der Waals surface area contributed by atoms with Gasteiger partial charge in [0.1, 0.15) is 12.7 Å². The van der Waals surface area contributed by atoms with Crippen LogP contribution in [0.5, 0.6) is 0 Å². The molecular weight excluding hydrogens is 442 g/mol. The third kappa shape index (κ3) is 3.48. The van der Waals surface area contributed by atoms with E-state index in [1.807, 2.05) is 0 Å². The molecule has 0 aromatic rings. The summed E-state index contributed by atoms with van der Waals surface area (Å²) in [5.41, 5.74) is -0.155. The highest BCUT2D eigenvalue weighted by Gasteiger charge is 2.71. The van der Waals surface area contributed by atoms with E-state index in [-0.39, 0.29) is 35.8 Å². The molecule has 0 unspecified atom stereocenters. The Morgan fingerprint density at radius 2 is 1.89 bits per heavy atom. The van der Waals surface area contributed by atoms with Crippen LogP contribution < -0.4 is 0 Å². The summed E-state index contributed by atoms with van der Waals surface area (Å²) >= 11 is 0. The third-order valence-electron chi connectivity index (χ3n) is 11.9. The van der Waals surface area contributed by atoms with Crippen LogP contribution in [-0.4, -0.2) is 59.4 Å². The van der Waals surface area contributed by atoms with Gasteiger partial charge in [0.15, 0.2) is 0 Å². The zero-order valence-corrected chi connectivity index (χ0v) is 21.8. The molecule has 6 aliphatic rings. The fourth-order valence-corrected chi connectivity index (χ4v) is 10.2. The van der Waals surface area contributed by atoms with E-state index < -0.39 is 17.1 Å².